The number of anilines is 1. The van der Waals surface area contributed by atoms with E-state index in [0.29, 0.717) is 18.0 Å². The Balaban J connectivity index is 1.50. The maximum Gasteiger partial charge on any atom is 0.394 e. The van der Waals surface area contributed by atoms with Crippen LogP contribution in [0.3, 0.4) is 0 Å². The number of carbonyl (C=O) groups is 1. The average molecular weight is 530 g/mol. The summed E-state index contributed by atoms with van der Waals surface area (Å²) >= 11 is 0.978. The number of hydrogen-bond donors (Lipinski definition) is 2. The molecule has 1 saturated carbocycles. The fourth-order valence-electron chi connectivity index (χ4n) is 4.30. The van der Waals surface area contributed by atoms with Crippen LogP contribution in [0.1, 0.15) is 30.0 Å². The summed E-state index contributed by atoms with van der Waals surface area (Å²) < 4.78 is 70.7. The summed E-state index contributed by atoms with van der Waals surface area (Å²) in [4.78, 5) is 13.7. The number of alkyl halides is 4. The number of fused-ring (bicyclic) bond motifs is 1. The van der Waals surface area contributed by atoms with Gasteiger partial charge in [-0.3, -0.25) is 4.79 Å². The Kier molecular flexibility index (Phi) is 6.57. The van der Waals surface area contributed by atoms with Crippen LogP contribution in [-0.4, -0.2) is 69.3 Å². The van der Waals surface area contributed by atoms with Gasteiger partial charge in [0.25, 0.3) is 0 Å². The van der Waals surface area contributed by atoms with Gasteiger partial charge in [0.05, 0.1) is 30.4 Å². The van der Waals surface area contributed by atoms with Crippen LogP contribution >= 0.6 is 11.3 Å². The largest absolute Gasteiger partial charge is 0.394 e. The minimum absolute atomic E-state index is 0.00138. The van der Waals surface area contributed by atoms with E-state index in [0.717, 1.165) is 41.0 Å². The molecule has 36 heavy (non-hydrogen) atoms. The zero-order valence-corrected chi connectivity index (χ0v) is 20.1. The Morgan fingerprint density at radius 3 is 2.69 bits per heavy atom. The van der Waals surface area contributed by atoms with E-state index in [-0.39, 0.29) is 52.3 Å². The highest BCUT2D eigenvalue weighted by Gasteiger charge is 2.34. The van der Waals surface area contributed by atoms with Gasteiger partial charge >= 0.3 is 6.18 Å². The molecule has 0 unspecified atom stereocenters. The van der Waals surface area contributed by atoms with E-state index in [1.807, 2.05) is 4.90 Å². The van der Waals surface area contributed by atoms with Gasteiger partial charge in [-0.15, -0.1) is 10.2 Å². The predicted molar refractivity (Wildman–Crippen MR) is 123 cm³/mol. The Morgan fingerprint density at radius 2 is 2.00 bits per heavy atom. The van der Waals surface area contributed by atoms with Crippen molar-refractivity contribution in [2.45, 2.75) is 50.6 Å². The van der Waals surface area contributed by atoms with Crippen molar-refractivity contribution in [3.05, 3.63) is 28.7 Å². The molecule has 0 bridgehead atoms. The maximum atomic E-state index is 14.6. The molecule has 5 rings (SSSR count). The van der Waals surface area contributed by atoms with Crippen molar-refractivity contribution >= 4 is 33.8 Å². The number of hydrogen-bond acceptors (Lipinski definition) is 7. The quantitative estimate of drug-likeness (QED) is 0.455. The molecule has 2 aromatic heterocycles. The lowest BCUT2D eigenvalue weighted by Gasteiger charge is -2.33. The monoisotopic (exact) mass is 529 g/mol. The maximum absolute atomic E-state index is 14.6. The number of halogens is 5. The number of piperidine rings is 1. The van der Waals surface area contributed by atoms with Crippen molar-refractivity contribution in [2.75, 3.05) is 25.5 Å². The fraction of sp³-hybridized carbons (Fsp3) is 0.545. The zero-order chi connectivity index (χ0) is 25.6. The van der Waals surface area contributed by atoms with Crippen LogP contribution in [0.2, 0.25) is 0 Å². The van der Waals surface area contributed by atoms with Gasteiger partial charge in [-0.25, -0.2) is 13.5 Å². The number of rotatable bonds is 7. The summed E-state index contributed by atoms with van der Waals surface area (Å²) in [7, 11) is 1.79. The van der Waals surface area contributed by atoms with E-state index in [1.54, 1.807) is 7.05 Å². The SMILES string of the molecule is CN1CC[C@@H](Nc2cc(F)cc3c(CC(F)(F)F)n(-c4nnc(CNC(=O)C5CC5)s4)nc23)[C@@H](F)C1. The number of nitrogens with one attached hydrogen (secondary N) is 2. The molecule has 2 aliphatic rings. The summed E-state index contributed by atoms with van der Waals surface area (Å²) in [6.07, 6.45) is -5.11. The summed E-state index contributed by atoms with van der Waals surface area (Å²) in [5.41, 5.74) is -0.101. The zero-order valence-electron chi connectivity index (χ0n) is 19.3. The Hall–Kier alpha value is -2.87. The molecule has 2 atom stereocenters. The second-order valence-corrected chi connectivity index (χ2v) is 10.3. The second kappa shape index (κ2) is 9.54. The first-order valence-corrected chi connectivity index (χ1v) is 12.4. The summed E-state index contributed by atoms with van der Waals surface area (Å²) in [5, 5.41) is 18.4. The van der Waals surface area contributed by atoms with Crippen LogP contribution < -0.4 is 10.6 Å². The third kappa shape index (κ3) is 5.43. The molecule has 1 aliphatic heterocycles. The lowest BCUT2D eigenvalue weighted by Crippen LogP contribution is -2.46. The first-order valence-electron chi connectivity index (χ1n) is 11.5. The Morgan fingerprint density at radius 1 is 1.22 bits per heavy atom. The molecule has 1 amide bonds. The third-order valence-electron chi connectivity index (χ3n) is 6.29. The summed E-state index contributed by atoms with van der Waals surface area (Å²) in [5.74, 6) is -0.862. The van der Waals surface area contributed by atoms with Gasteiger partial charge in [0.1, 0.15) is 22.5 Å². The minimum atomic E-state index is -4.60. The van der Waals surface area contributed by atoms with Gasteiger partial charge in [-0.1, -0.05) is 11.3 Å². The Labute approximate surface area is 206 Å². The fourth-order valence-corrected chi connectivity index (χ4v) is 5.06. The summed E-state index contributed by atoms with van der Waals surface area (Å²) in [6, 6.07) is 1.47. The second-order valence-electron chi connectivity index (χ2n) is 9.29. The van der Waals surface area contributed by atoms with Crippen molar-refractivity contribution in [3.63, 3.8) is 0 Å². The van der Waals surface area contributed by atoms with Gasteiger partial charge in [0.15, 0.2) is 0 Å². The van der Waals surface area contributed by atoms with E-state index in [4.69, 9.17) is 0 Å². The molecule has 194 valence electrons. The molecular weight excluding hydrogens is 505 g/mol. The molecule has 8 nitrogen and oxygen atoms in total. The van der Waals surface area contributed by atoms with Crippen molar-refractivity contribution in [3.8, 4) is 5.13 Å². The van der Waals surface area contributed by atoms with E-state index >= 15 is 0 Å². The van der Waals surface area contributed by atoms with Crippen LogP contribution in [0.4, 0.5) is 27.6 Å². The molecule has 0 radical (unpaired) electrons. The predicted octanol–water partition coefficient (Wildman–Crippen LogP) is 3.60. The van der Waals surface area contributed by atoms with Gasteiger partial charge in [-0.2, -0.15) is 18.3 Å². The van der Waals surface area contributed by atoms with E-state index < -0.39 is 30.6 Å². The normalized spacial score (nSPS) is 21.2. The van der Waals surface area contributed by atoms with Crippen LogP contribution in [0.25, 0.3) is 16.0 Å². The third-order valence-corrected chi connectivity index (χ3v) is 7.19. The topological polar surface area (TPSA) is 88.0 Å². The minimum Gasteiger partial charge on any atom is -0.377 e. The van der Waals surface area contributed by atoms with Crippen LogP contribution in [0.5, 0.6) is 0 Å². The van der Waals surface area contributed by atoms with Gasteiger partial charge in [-0.05, 0) is 38.4 Å². The van der Waals surface area contributed by atoms with Crippen molar-refractivity contribution in [2.24, 2.45) is 5.92 Å². The number of nitrogens with zero attached hydrogens (tertiary/aromatic N) is 5. The molecule has 1 saturated heterocycles. The van der Waals surface area contributed by atoms with Gasteiger partial charge < -0.3 is 15.5 Å². The molecule has 1 aliphatic carbocycles. The average Bonchev–Trinajstić information content (AvgIpc) is 3.45. The lowest BCUT2D eigenvalue weighted by atomic mass is 10.0. The Bertz CT molecular complexity index is 1270. The van der Waals surface area contributed by atoms with Crippen molar-refractivity contribution < 1.29 is 26.7 Å². The summed E-state index contributed by atoms with van der Waals surface area (Å²) in [6.45, 7) is 0.904. The molecular formula is C22H24F5N7OS. The number of amides is 1. The van der Waals surface area contributed by atoms with Gasteiger partial charge in [0, 0.05) is 24.4 Å². The number of aromatic nitrogens is 4. The molecule has 1 aromatic carbocycles. The van der Waals surface area contributed by atoms with Crippen molar-refractivity contribution in [1.82, 2.24) is 30.2 Å². The molecule has 2 N–H and O–H groups in total. The van der Waals surface area contributed by atoms with E-state index in [9.17, 15) is 26.7 Å². The molecule has 3 aromatic rings. The number of carbonyl (C=O) groups excluding carboxylic acids is 1. The van der Waals surface area contributed by atoms with E-state index in [1.165, 1.54) is 0 Å². The molecule has 3 heterocycles. The van der Waals surface area contributed by atoms with Crippen LogP contribution in [-0.2, 0) is 17.8 Å². The van der Waals surface area contributed by atoms with Crippen LogP contribution in [0, 0.1) is 11.7 Å². The first kappa shape index (κ1) is 24.8. The lowest BCUT2D eigenvalue weighted by molar-refractivity contribution is -0.128. The smallest absolute Gasteiger partial charge is 0.377 e. The molecule has 2 fully saturated rings. The molecule has 0 spiro atoms. The highest BCUT2D eigenvalue weighted by Crippen LogP contribution is 2.35. The number of benzene rings is 1. The standard InChI is InChI=1S/C22H24F5N7OS/c1-33-5-4-15(14(24)10-33)29-16-7-12(23)6-13-17(8-22(25,26)27)34(32-19(13)16)21-31-30-18(36-21)9-28-20(35)11-2-3-11/h6-7,11,14-15,29H,2-5,8-10H2,1H3,(H,28,35)/t14-,15+/m0/s1. The van der Waals surface area contributed by atoms with E-state index in [2.05, 4.69) is 25.9 Å². The number of likely N-dealkylation sites (tertiary alicyclic amines) is 1. The van der Waals surface area contributed by atoms with Crippen molar-refractivity contribution in [1.29, 1.82) is 0 Å². The molecule has 14 heteroatoms. The highest BCUT2D eigenvalue weighted by atomic mass is 32.1. The first-order chi connectivity index (χ1) is 17.1. The highest BCUT2D eigenvalue weighted by molar-refractivity contribution is 7.13. The van der Waals surface area contributed by atoms with Gasteiger partial charge in [0.2, 0.25) is 11.0 Å². The van der Waals surface area contributed by atoms with Crippen LogP contribution in [0.15, 0.2) is 12.1 Å².